The number of benzene rings is 2. The van der Waals surface area contributed by atoms with Crippen LogP contribution in [0.4, 0.5) is 5.69 Å². The molecule has 2 N–H and O–H groups in total. The van der Waals surface area contributed by atoms with Crippen LogP contribution in [0.2, 0.25) is 0 Å². The molecule has 2 aliphatic rings. The molecule has 0 fully saturated rings. The molecule has 1 atom stereocenters. The molecule has 0 radical (unpaired) electrons. The second-order valence-electron chi connectivity index (χ2n) is 6.49. The van der Waals surface area contributed by atoms with Gasteiger partial charge in [-0.1, -0.05) is 24.3 Å². The summed E-state index contributed by atoms with van der Waals surface area (Å²) in [5.74, 6) is 2.92. The van der Waals surface area contributed by atoms with E-state index in [2.05, 4.69) is 59.4 Å². The average molecular weight is 368 g/mol. The van der Waals surface area contributed by atoms with Crippen LogP contribution in [0.15, 0.2) is 64.9 Å². The van der Waals surface area contributed by atoms with E-state index in [0.717, 1.165) is 49.7 Å². The Balaban J connectivity index is 1.70. The summed E-state index contributed by atoms with van der Waals surface area (Å²) in [6.07, 6.45) is 3.92. The molecule has 2 aromatic heterocycles. The van der Waals surface area contributed by atoms with Gasteiger partial charge in [0.1, 0.15) is 11.0 Å². The lowest BCUT2D eigenvalue weighted by Gasteiger charge is -2.19. The van der Waals surface area contributed by atoms with E-state index in [-0.39, 0.29) is 6.04 Å². The lowest BCUT2D eigenvalue weighted by molar-refractivity contribution is 0.939. The lowest BCUT2D eigenvalue weighted by Crippen LogP contribution is -2.29. The van der Waals surface area contributed by atoms with E-state index in [1.807, 2.05) is 30.5 Å². The number of rotatable bonds is 1. The van der Waals surface area contributed by atoms with Gasteiger partial charge in [0.05, 0.1) is 17.8 Å². The molecular formula is C20H12N6S. The van der Waals surface area contributed by atoms with Gasteiger partial charge < -0.3 is 10.3 Å². The van der Waals surface area contributed by atoms with Gasteiger partial charge in [0.25, 0.3) is 0 Å². The first kappa shape index (κ1) is 14.6. The van der Waals surface area contributed by atoms with Crippen molar-refractivity contribution in [2.45, 2.75) is 6.04 Å². The van der Waals surface area contributed by atoms with E-state index in [0.29, 0.717) is 0 Å². The Hall–Kier alpha value is -3.54. The highest BCUT2D eigenvalue weighted by Gasteiger charge is 2.25. The fourth-order valence-electron chi connectivity index (χ4n) is 3.79. The van der Waals surface area contributed by atoms with Crippen molar-refractivity contribution in [2.75, 3.05) is 5.32 Å². The summed E-state index contributed by atoms with van der Waals surface area (Å²) < 4.78 is 8.71. The molecule has 6 rings (SSSR count). The molecular weight excluding hydrogens is 356 g/mol. The standard InChI is InChI=1S/C20H12N6S/c1-2-4-15-12(3-1)13-7-8-22-24-20-18(13)14(10-21-20)19(23-15)11-5-6-16-17(9-11)26-27-25-16/h1-7,9-10,19,23H,(H,21,24). The lowest BCUT2D eigenvalue weighted by atomic mass is 9.98. The van der Waals surface area contributed by atoms with Crippen LogP contribution in [-0.4, -0.2) is 19.6 Å². The Morgan fingerprint density at radius 3 is 2.96 bits per heavy atom. The number of nitrogens with one attached hydrogen (secondary N) is 2. The fourth-order valence-corrected chi connectivity index (χ4v) is 4.31. The smallest absolute Gasteiger partial charge is 0.161 e. The summed E-state index contributed by atoms with van der Waals surface area (Å²) in [5, 5.41) is 13.1. The SMILES string of the molecule is C1=CC2=c3c(c[nH]c3=NN=1)C(c1ccc3nsnc3c1)Nc1ccccc12. The molecule has 0 aliphatic carbocycles. The number of H-pyrrole nitrogens is 1. The van der Waals surface area contributed by atoms with Gasteiger partial charge in [-0.05, 0) is 23.8 Å². The Morgan fingerprint density at radius 2 is 1.96 bits per heavy atom. The van der Waals surface area contributed by atoms with Crippen LogP contribution >= 0.6 is 11.7 Å². The largest absolute Gasteiger partial charge is 0.374 e. The molecule has 0 amide bonds. The molecule has 0 saturated heterocycles. The molecule has 6 nitrogen and oxygen atoms in total. The summed E-state index contributed by atoms with van der Waals surface area (Å²) >= 11 is 1.24. The highest BCUT2D eigenvalue weighted by Crippen LogP contribution is 2.33. The summed E-state index contributed by atoms with van der Waals surface area (Å²) in [6, 6.07) is 14.5. The van der Waals surface area contributed by atoms with E-state index < -0.39 is 0 Å². The molecule has 4 aromatic rings. The number of hydrogen-bond acceptors (Lipinski definition) is 6. The van der Waals surface area contributed by atoms with Gasteiger partial charge in [-0.25, -0.2) is 0 Å². The van der Waals surface area contributed by atoms with Gasteiger partial charge in [-0.2, -0.15) is 8.75 Å². The van der Waals surface area contributed by atoms with Crippen LogP contribution in [0.5, 0.6) is 0 Å². The van der Waals surface area contributed by atoms with Crippen molar-refractivity contribution in [2.24, 2.45) is 10.2 Å². The first-order valence-electron chi connectivity index (χ1n) is 8.55. The van der Waals surface area contributed by atoms with E-state index in [1.54, 1.807) is 0 Å². The quantitative estimate of drug-likeness (QED) is 0.542. The summed E-state index contributed by atoms with van der Waals surface area (Å²) in [6.45, 7) is 0. The van der Waals surface area contributed by atoms with Crippen molar-refractivity contribution < 1.29 is 0 Å². The van der Waals surface area contributed by atoms with Gasteiger partial charge >= 0.3 is 0 Å². The normalized spacial score (nSPS) is 16.9. The number of aromatic nitrogens is 3. The minimum absolute atomic E-state index is 0.0450. The predicted molar refractivity (Wildman–Crippen MR) is 105 cm³/mol. The van der Waals surface area contributed by atoms with Gasteiger partial charge in [-0.15, -0.1) is 10.2 Å². The van der Waals surface area contributed by atoms with Crippen LogP contribution in [-0.2, 0) is 0 Å². The maximum atomic E-state index is 4.40. The molecule has 0 bridgehead atoms. The van der Waals surface area contributed by atoms with Gasteiger partial charge in [-0.3, -0.25) is 0 Å². The molecule has 4 heterocycles. The highest BCUT2D eigenvalue weighted by molar-refractivity contribution is 7.00. The number of allylic oxidation sites excluding steroid dienone is 1. The van der Waals surface area contributed by atoms with Crippen molar-refractivity contribution >= 4 is 39.9 Å². The Bertz CT molecular complexity index is 1400. The van der Waals surface area contributed by atoms with Crippen LogP contribution < -0.4 is 16.0 Å². The highest BCUT2D eigenvalue weighted by atomic mass is 32.1. The molecule has 1 unspecified atom stereocenters. The minimum atomic E-state index is -0.0450. The van der Waals surface area contributed by atoms with Gasteiger partial charge in [0, 0.05) is 45.7 Å². The molecule has 7 heteroatoms. The third kappa shape index (κ3) is 2.13. The number of para-hydroxylation sites is 1. The van der Waals surface area contributed by atoms with Crippen LogP contribution in [0.1, 0.15) is 22.7 Å². The number of nitrogens with zero attached hydrogens (tertiary/aromatic N) is 4. The number of anilines is 1. The van der Waals surface area contributed by atoms with Crippen LogP contribution in [0.3, 0.4) is 0 Å². The number of hydrogen-bond donors (Lipinski definition) is 2. The number of fused-ring (bicyclic) bond motifs is 3. The number of aromatic amines is 1. The monoisotopic (exact) mass is 368 g/mol. The van der Waals surface area contributed by atoms with Gasteiger partial charge in [0.2, 0.25) is 0 Å². The maximum Gasteiger partial charge on any atom is 0.161 e. The zero-order valence-corrected chi connectivity index (χ0v) is 14.8. The second kappa shape index (κ2) is 5.48. The van der Waals surface area contributed by atoms with Gasteiger partial charge in [0.15, 0.2) is 5.49 Å². The Labute approximate surface area is 157 Å². The van der Waals surface area contributed by atoms with Crippen LogP contribution in [0.25, 0.3) is 16.6 Å². The minimum Gasteiger partial charge on any atom is -0.374 e. The third-order valence-corrected chi connectivity index (χ3v) is 5.57. The van der Waals surface area contributed by atoms with Crippen molar-refractivity contribution in [3.8, 4) is 0 Å². The van der Waals surface area contributed by atoms with Crippen LogP contribution in [0, 0.1) is 0 Å². The summed E-state index contributed by atoms with van der Waals surface area (Å²) in [4.78, 5) is 3.27. The fraction of sp³-hybridized carbons (Fsp3) is 0.0500. The zero-order valence-electron chi connectivity index (χ0n) is 14.0. The average Bonchev–Trinajstić information content (AvgIpc) is 3.25. The first-order chi connectivity index (χ1) is 13.4. The molecule has 0 saturated carbocycles. The van der Waals surface area contributed by atoms with E-state index in [1.165, 1.54) is 11.7 Å². The molecule has 0 spiro atoms. The van der Waals surface area contributed by atoms with E-state index in [4.69, 9.17) is 0 Å². The molecule has 2 aliphatic heterocycles. The van der Waals surface area contributed by atoms with Crippen molar-refractivity contribution in [1.29, 1.82) is 0 Å². The van der Waals surface area contributed by atoms with E-state index in [9.17, 15) is 0 Å². The maximum absolute atomic E-state index is 4.40. The summed E-state index contributed by atoms with van der Waals surface area (Å²) in [7, 11) is 0. The zero-order chi connectivity index (χ0) is 17.8. The summed E-state index contributed by atoms with van der Waals surface area (Å²) in [5.41, 5.74) is 8.07. The Morgan fingerprint density at radius 1 is 1.04 bits per heavy atom. The molecule has 2 aromatic carbocycles. The predicted octanol–water partition coefficient (Wildman–Crippen LogP) is 2.51. The molecule has 128 valence electrons. The van der Waals surface area contributed by atoms with Crippen molar-refractivity contribution in [3.63, 3.8) is 0 Å². The third-order valence-electron chi connectivity index (χ3n) is 5.02. The Kier molecular flexibility index (Phi) is 2.96. The molecule has 27 heavy (non-hydrogen) atoms. The second-order valence-corrected chi connectivity index (χ2v) is 7.02. The first-order valence-corrected chi connectivity index (χ1v) is 9.28. The van der Waals surface area contributed by atoms with Crippen molar-refractivity contribution in [3.05, 3.63) is 82.1 Å². The van der Waals surface area contributed by atoms with E-state index >= 15 is 0 Å². The van der Waals surface area contributed by atoms with Crippen molar-refractivity contribution in [1.82, 2.24) is 13.7 Å². The topological polar surface area (TPSA) is 78.3 Å².